The fourth-order valence-electron chi connectivity index (χ4n) is 2.17. The normalized spacial score (nSPS) is 10.9. The third-order valence-corrected chi connectivity index (χ3v) is 3.18. The van der Waals surface area contributed by atoms with E-state index in [0.717, 1.165) is 49.2 Å². The van der Waals surface area contributed by atoms with E-state index in [9.17, 15) is 0 Å². The molecular weight excluding hydrogens is 262 g/mol. The summed E-state index contributed by atoms with van der Waals surface area (Å²) < 4.78 is 0. The Morgan fingerprint density at radius 2 is 2.00 bits per heavy atom. The van der Waals surface area contributed by atoms with Crippen LogP contribution in [-0.2, 0) is 13.1 Å². The van der Waals surface area contributed by atoms with Crippen molar-refractivity contribution in [1.29, 1.82) is 0 Å². The molecule has 0 saturated heterocycles. The minimum absolute atomic E-state index is 0.729. The van der Waals surface area contributed by atoms with Crippen LogP contribution in [0.1, 0.15) is 31.1 Å². The van der Waals surface area contributed by atoms with Gasteiger partial charge in [-0.3, -0.25) is 9.88 Å². The van der Waals surface area contributed by atoms with Crippen LogP contribution in [0.25, 0.3) is 0 Å². The van der Waals surface area contributed by atoms with E-state index in [0.29, 0.717) is 0 Å². The van der Waals surface area contributed by atoms with Crippen LogP contribution in [0.2, 0.25) is 0 Å². The summed E-state index contributed by atoms with van der Waals surface area (Å²) in [6, 6.07) is 7.97. The molecule has 5 nitrogen and oxygen atoms in total. The molecule has 0 amide bonds. The van der Waals surface area contributed by atoms with Gasteiger partial charge in [-0.25, -0.2) is 9.97 Å². The van der Waals surface area contributed by atoms with Crippen molar-refractivity contribution in [2.75, 3.05) is 18.4 Å². The van der Waals surface area contributed by atoms with Gasteiger partial charge in [0.2, 0.25) is 0 Å². The van der Waals surface area contributed by atoms with Crippen LogP contribution >= 0.6 is 0 Å². The molecule has 2 heterocycles. The molecule has 0 fully saturated rings. The van der Waals surface area contributed by atoms with Crippen LogP contribution in [-0.4, -0.2) is 32.9 Å². The predicted octanol–water partition coefficient (Wildman–Crippen LogP) is 2.63. The van der Waals surface area contributed by atoms with E-state index < -0.39 is 0 Å². The SMILES string of the molecule is CCNc1cc(C)nc(CN(CC)Cc2ccccn2)n1. The smallest absolute Gasteiger partial charge is 0.144 e. The monoisotopic (exact) mass is 285 g/mol. The van der Waals surface area contributed by atoms with E-state index in [-0.39, 0.29) is 0 Å². The van der Waals surface area contributed by atoms with Crippen molar-refractivity contribution in [3.05, 3.63) is 47.7 Å². The first-order valence-electron chi connectivity index (χ1n) is 7.42. The van der Waals surface area contributed by atoms with Crippen LogP contribution in [0.3, 0.4) is 0 Å². The Morgan fingerprint density at radius 3 is 2.67 bits per heavy atom. The minimum Gasteiger partial charge on any atom is -0.370 e. The number of anilines is 1. The summed E-state index contributed by atoms with van der Waals surface area (Å²) in [5.41, 5.74) is 2.06. The van der Waals surface area contributed by atoms with E-state index in [1.54, 1.807) is 0 Å². The van der Waals surface area contributed by atoms with E-state index in [1.165, 1.54) is 0 Å². The van der Waals surface area contributed by atoms with Crippen molar-refractivity contribution in [1.82, 2.24) is 19.9 Å². The number of pyridine rings is 1. The highest BCUT2D eigenvalue weighted by molar-refractivity contribution is 5.35. The Hall–Kier alpha value is -2.01. The number of hydrogen-bond donors (Lipinski definition) is 1. The summed E-state index contributed by atoms with van der Waals surface area (Å²) in [6.45, 7) is 9.55. The van der Waals surface area contributed by atoms with Crippen molar-refractivity contribution >= 4 is 5.82 Å². The first kappa shape index (κ1) is 15.4. The van der Waals surface area contributed by atoms with Crippen LogP contribution in [0.5, 0.6) is 0 Å². The zero-order chi connectivity index (χ0) is 15.1. The minimum atomic E-state index is 0.729. The molecule has 0 aliphatic heterocycles. The summed E-state index contributed by atoms with van der Waals surface area (Å²) in [5, 5.41) is 3.25. The Morgan fingerprint density at radius 1 is 1.14 bits per heavy atom. The largest absolute Gasteiger partial charge is 0.370 e. The third kappa shape index (κ3) is 4.79. The maximum absolute atomic E-state index is 4.57. The summed E-state index contributed by atoms with van der Waals surface area (Å²) in [7, 11) is 0. The zero-order valence-electron chi connectivity index (χ0n) is 13.0. The van der Waals surface area contributed by atoms with Gasteiger partial charge in [-0.05, 0) is 32.5 Å². The summed E-state index contributed by atoms with van der Waals surface area (Å²) in [4.78, 5) is 15.8. The third-order valence-electron chi connectivity index (χ3n) is 3.18. The molecule has 0 aliphatic carbocycles. The van der Waals surface area contributed by atoms with Crippen LogP contribution < -0.4 is 5.32 Å². The highest BCUT2D eigenvalue weighted by Gasteiger charge is 2.09. The molecule has 1 N–H and O–H groups in total. The van der Waals surface area contributed by atoms with Gasteiger partial charge in [0.05, 0.1) is 12.2 Å². The summed E-state index contributed by atoms with van der Waals surface area (Å²) in [6.07, 6.45) is 1.83. The molecule has 0 radical (unpaired) electrons. The molecule has 0 atom stereocenters. The number of nitrogens with zero attached hydrogens (tertiary/aromatic N) is 4. The zero-order valence-corrected chi connectivity index (χ0v) is 13.0. The molecule has 2 rings (SSSR count). The lowest BCUT2D eigenvalue weighted by molar-refractivity contribution is 0.261. The molecular formula is C16H23N5. The van der Waals surface area contributed by atoms with E-state index in [4.69, 9.17) is 0 Å². The van der Waals surface area contributed by atoms with Gasteiger partial charge in [0.15, 0.2) is 0 Å². The van der Waals surface area contributed by atoms with Gasteiger partial charge in [0.1, 0.15) is 11.6 Å². The molecule has 0 bridgehead atoms. The first-order valence-corrected chi connectivity index (χ1v) is 7.42. The van der Waals surface area contributed by atoms with Crippen molar-refractivity contribution in [2.45, 2.75) is 33.9 Å². The Bertz CT molecular complexity index is 556. The topological polar surface area (TPSA) is 53.9 Å². The molecule has 0 saturated carbocycles. The van der Waals surface area contributed by atoms with Gasteiger partial charge in [-0.15, -0.1) is 0 Å². The summed E-state index contributed by atoms with van der Waals surface area (Å²) in [5.74, 6) is 1.75. The van der Waals surface area contributed by atoms with Crippen molar-refractivity contribution in [3.63, 3.8) is 0 Å². The number of hydrogen-bond acceptors (Lipinski definition) is 5. The van der Waals surface area contributed by atoms with E-state index >= 15 is 0 Å². The number of aryl methyl sites for hydroxylation is 1. The maximum Gasteiger partial charge on any atom is 0.144 e. The van der Waals surface area contributed by atoms with Gasteiger partial charge >= 0.3 is 0 Å². The first-order chi connectivity index (χ1) is 10.2. The van der Waals surface area contributed by atoms with Gasteiger partial charge in [0.25, 0.3) is 0 Å². The summed E-state index contributed by atoms with van der Waals surface area (Å²) >= 11 is 0. The second-order valence-corrected chi connectivity index (χ2v) is 4.97. The van der Waals surface area contributed by atoms with Gasteiger partial charge in [-0.1, -0.05) is 13.0 Å². The molecule has 112 valence electrons. The molecule has 5 heteroatoms. The Labute approximate surface area is 126 Å². The average molecular weight is 285 g/mol. The lowest BCUT2D eigenvalue weighted by Crippen LogP contribution is -2.24. The van der Waals surface area contributed by atoms with Crippen molar-refractivity contribution in [2.24, 2.45) is 0 Å². The number of rotatable bonds is 7. The van der Waals surface area contributed by atoms with Crippen LogP contribution in [0, 0.1) is 6.92 Å². The van der Waals surface area contributed by atoms with E-state index in [1.807, 2.05) is 37.4 Å². The lowest BCUT2D eigenvalue weighted by Gasteiger charge is -2.19. The van der Waals surface area contributed by atoms with Gasteiger partial charge < -0.3 is 5.32 Å². The average Bonchev–Trinajstić information content (AvgIpc) is 2.47. The lowest BCUT2D eigenvalue weighted by atomic mass is 10.3. The second kappa shape index (κ2) is 7.69. The molecule has 0 unspecified atom stereocenters. The van der Waals surface area contributed by atoms with E-state index in [2.05, 4.69) is 39.0 Å². The number of aromatic nitrogens is 3. The fourth-order valence-corrected chi connectivity index (χ4v) is 2.17. The van der Waals surface area contributed by atoms with Gasteiger partial charge in [-0.2, -0.15) is 0 Å². The molecule has 0 spiro atoms. The molecule has 2 aromatic rings. The van der Waals surface area contributed by atoms with Gasteiger partial charge in [0, 0.05) is 31.0 Å². The Kier molecular flexibility index (Phi) is 5.63. The molecule has 21 heavy (non-hydrogen) atoms. The number of nitrogens with one attached hydrogen (secondary N) is 1. The van der Waals surface area contributed by atoms with Crippen molar-refractivity contribution in [3.8, 4) is 0 Å². The molecule has 0 aromatic carbocycles. The standard InChI is InChI=1S/C16H23N5/c1-4-17-15-10-13(3)19-16(20-15)12-21(5-2)11-14-8-6-7-9-18-14/h6-10H,4-5,11-12H2,1-3H3,(H,17,19,20). The predicted molar refractivity (Wildman–Crippen MR) is 85.0 cm³/mol. The van der Waals surface area contributed by atoms with Crippen LogP contribution in [0.15, 0.2) is 30.5 Å². The van der Waals surface area contributed by atoms with Crippen LogP contribution in [0.4, 0.5) is 5.82 Å². The molecule has 0 aliphatic rings. The Balaban J connectivity index is 2.07. The molecule has 2 aromatic heterocycles. The highest BCUT2D eigenvalue weighted by atomic mass is 15.2. The highest BCUT2D eigenvalue weighted by Crippen LogP contribution is 2.10. The van der Waals surface area contributed by atoms with Crippen molar-refractivity contribution < 1.29 is 0 Å². The maximum atomic E-state index is 4.57. The fraction of sp³-hybridized carbons (Fsp3) is 0.438. The quantitative estimate of drug-likeness (QED) is 0.847. The second-order valence-electron chi connectivity index (χ2n) is 4.97.